The maximum absolute atomic E-state index is 9.21. The van der Waals surface area contributed by atoms with E-state index in [1.165, 1.54) is 0 Å². The van der Waals surface area contributed by atoms with Crippen molar-refractivity contribution in [2.24, 2.45) is 5.92 Å². The Labute approximate surface area is 144 Å². The van der Waals surface area contributed by atoms with Gasteiger partial charge in [0.2, 0.25) is 5.89 Å². The van der Waals surface area contributed by atoms with Gasteiger partial charge < -0.3 is 9.32 Å². The fraction of sp³-hybridized carbons (Fsp3) is 0.722. The van der Waals surface area contributed by atoms with E-state index >= 15 is 0 Å². The molecule has 0 aliphatic carbocycles. The standard InChI is InChI=1S/C18H27N5O/c1-14(2)17-10-21-18(24-17)13-22(3)16-6-8-23(12-16)11-15(9-20)5-4-7-19/h10,14-16H,4-6,8,11-13H2,1-3H3. The van der Waals surface area contributed by atoms with Gasteiger partial charge in [-0.25, -0.2) is 4.98 Å². The first-order valence-corrected chi connectivity index (χ1v) is 8.67. The van der Waals surface area contributed by atoms with Crippen molar-refractivity contribution in [2.75, 3.05) is 26.7 Å². The summed E-state index contributed by atoms with van der Waals surface area (Å²) in [6.45, 7) is 7.63. The number of oxazole rings is 1. The molecule has 0 aromatic carbocycles. The molecule has 0 radical (unpaired) electrons. The lowest BCUT2D eigenvalue weighted by Gasteiger charge is -2.24. The predicted molar refractivity (Wildman–Crippen MR) is 90.9 cm³/mol. The van der Waals surface area contributed by atoms with Crippen molar-refractivity contribution >= 4 is 0 Å². The molecule has 2 rings (SSSR count). The minimum absolute atomic E-state index is 0.0472. The van der Waals surface area contributed by atoms with Gasteiger partial charge in [0.1, 0.15) is 5.76 Å². The van der Waals surface area contributed by atoms with Gasteiger partial charge in [0, 0.05) is 31.5 Å². The molecule has 1 fully saturated rings. The largest absolute Gasteiger partial charge is 0.444 e. The quantitative estimate of drug-likeness (QED) is 0.729. The summed E-state index contributed by atoms with van der Waals surface area (Å²) in [5, 5.41) is 17.9. The topological polar surface area (TPSA) is 80.1 Å². The van der Waals surface area contributed by atoms with Crippen molar-refractivity contribution in [3.05, 3.63) is 17.8 Å². The number of hydrogen-bond acceptors (Lipinski definition) is 6. The molecule has 1 aliphatic heterocycles. The van der Waals surface area contributed by atoms with E-state index in [-0.39, 0.29) is 5.92 Å². The fourth-order valence-electron chi connectivity index (χ4n) is 3.09. The summed E-state index contributed by atoms with van der Waals surface area (Å²) in [5.74, 6) is 2.01. The summed E-state index contributed by atoms with van der Waals surface area (Å²) in [7, 11) is 2.10. The molecule has 0 bridgehead atoms. The van der Waals surface area contributed by atoms with Gasteiger partial charge in [-0.05, 0) is 26.4 Å². The van der Waals surface area contributed by atoms with Gasteiger partial charge in [-0.2, -0.15) is 10.5 Å². The molecule has 2 atom stereocenters. The van der Waals surface area contributed by atoms with E-state index in [1.807, 2.05) is 6.20 Å². The highest BCUT2D eigenvalue weighted by Crippen LogP contribution is 2.20. The SMILES string of the molecule is CC(C)c1cnc(CN(C)C2CCN(CC(C#N)CCC#N)C2)o1. The Balaban J connectivity index is 1.81. The van der Waals surface area contributed by atoms with Crippen LogP contribution in [-0.4, -0.2) is 47.5 Å². The van der Waals surface area contributed by atoms with Gasteiger partial charge in [0.25, 0.3) is 0 Å². The van der Waals surface area contributed by atoms with Crippen molar-refractivity contribution in [3.8, 4) is 12.1 Å². The average Bonchev–Trinajstić information content (AvgIpc) is 3.20. The molecule has 2 heterocycles. The lowest BCUT2D eigenvalue weighted by atomic mass is 10.1. The van der Waals surface area contributed by atoms with Crippen LogP contribution in [0.4, 0.5) is 0 Å². The number of nitriles is 2. The zero-order chi connectivity index (χ0) is 17.5. The van der Waals surface area contributed by atoms with Crippen LogP contribution in [0.5, 0.6) is 0 Å². The summed E-state index contributed by atoms with van der Waals surface area (Å²) in [6.07, 6.45) is 4.03. The number of likely N-dealkylation sites (tertiary alicyclic amines) is 1. The lowest BCUT2D eigenvalue weighted by molar-refractivity contribution is 0.200. The highest BCUT2D eigenvalue weighted by molar-refractivity contribution is 4.99. The Morgan fingerprint density at radius 3 is 2.88 bits per heavy atom. The van der Waals surface area contributed by atoms with Gasteiger partial charge in [-0.3, -0.25) is 4.90 Å². The Morgan fingerprint density at radius 1 is 1.46 bits per heavy atom. The third kappa shape index (κ3) is 5.06. The third-order valence-electron chi connectivity index (χ3n) is 4.66. The maximum Gasteiger partial charge on any atom is 0.208 e. The first-order chi connectivity index (χ1) is 11.5. The molecule has 0 amide bonds. The highest BCUT2D eigenvalue weighted by atomic mass is 16.4. The number of nitrogens with zero attached hydrogens (tertiary/aromatic N) is 5. The van der Waals surface area contributed by atoms with Crippen LogP contribution in [0.2, 0.25) is 0 Å². The Bertz CT molecular complexity index is 597. The Kier molecular flexibility index (Phi) is 6.78. The Morgan fingerprint density at radius 2 is 2.25 bits per heavy atom. The van der Waals surface area contributed by atoms with E-state index in [0.29, 0.717) is 31.3 Å². The second-order valence-electron chi connectivity index (χ2n) is 6.95. The van der Waals surface area contributed by atoms with Crippen molar-refractivity contribution in [1.82, 2.24) is 14.8 Å². The van der Waals surface area contributed by atoms with E-state index in [0.717, 1.165) is 37.7 Å². The van der Waals surface area contributed by atoms with Crippen LogP contribution < -0.4 is 0 Å². The summed E-state index contributed by atoms with van der Waals surface area (Å²) in [5.41, 5.74) is 0. The maximum atomic E-state index is 9.21. The minimum atomic E-state index is -0.0472. The van der Waals surface area contributed by atoms with Crippen molar-refractivity contribution in [3.63, 3.8) is 0 Å². The van der Waals surface area contributed by atoms with E-state index in [4.69, 9.17) is 9.68 Å². The third-order valence-corrected chi connectivity index (χ3v) is 4.66. The normalized spacial score (nSPS) is 19.5. The predicted octanol–water partition coefficient (Wildman–Crippen LogP) is 2.75. The number of hydrogen-bond donors (Lipinski definition) is 0. The zero-order valence-corrected chi connectivity index (χ0v) is 14.9. The average molecular weight is 329 g/mol. The minimum Gasteiger partial charge on any atom is -0.444 e. The smallest absolute Gasteiger partial charge is 0.208 e. The van der Waals surface area contributed by atoms with Crippen LogP contribution in [0.25, 0.3) is 0 Å². The molecule has 0 saturated carbocycles. The molecule has 0 N–H and O–H groups in total. The summed E-state index contributed by atoms with van der Waals surface area (Å²) in [4.78, 5) is 8.99. The molecule has 6 heteroatoms. The van der Waals surface area contributed by atoms with E-state index < -0.39 is 0 Å². The van der Waals surface area contributed by atoms with Crippen molar-refractivity contribution in [2.45, 2.75) is 51.6 Å². The van der Waals surface area contributed by atoms with Gasteiger partial charge in [0.05, 0.1) is 30.8 Å². The van der Waals surface area contributed by atoms with Crippen molar-refractivity contribution < 1.29 is 4.42 Å². The van der Waals surface area contributed by atoms with Crippen molar-refractivity contribution in [1.29, 1.82) is 10.5 Å². The fourth-order valence-corrected chi connectivity index (χ4v) is 3.09. The molecule has 1 aromatic rings. The molecule has 0 spiro atoms. The summed E-state index contributed by atoms with van der Waals surface area (Å²) < 4.78 is 5.79. The highest BCUT2D eigenvalue weighted by Gasteiger charge is 2.28. The second-order valence-corrected chi connectivity index (χ2v) is 6.95. The number of aromatic nitrogens is 1. The van der Waals surface area contributed by atoms with E-state index in [1.54, 1.807) is 0 Å². The molecule has 130 valence electrons. The zero-order valence-electron chi connectivity index (χ0n) is 14.9. The molecule has 2 unspecified atom stereocenters. The van der Waals surface area contributed by atoms with Crippen LogP contribution in [0.3, 0.4) is 0 Å². The lowest BCUT2D eigenvalue weighted by Crippen LogP contribution is -2.35. The van der Waals surface area contributed by atoms with Crippen LogP contribution in [0.15, 0.2) is 10.6 Å². The number of rotatable bonds is 8. The molecule has 1 aromatic heterocycles. The number of likely N-dealkylation sites (N-methyl/N-ethyl adjacent to an activating group) is 1. The van der Waals surface area contributed by atoms with Gasteiger partial charge >= 0.3 is 0 Å². The van der Waals surface area contributed by atoms with Gasteiger partial charge in [0.15, 0.2) is 0 Å². The van der Waals surface area contributed by atoms with Gasteiger partial charge in [-0.1, -0.05) is 13.8 Å². The monoisotopic (exact) mass is 329 g/mol. The first kappa shape index (κ1) is 18.4. The Hall–Kier alpha value is -1.89. The molecular formula is C18H27N5O. The second kappa shape index (κ2) is 8.82. The van der Waals surface area contributed by atoms with E-state index in [9.17, 15) is 5.26 Å². The molecular weight excluding hydrogens is 302 g/mol. The van der Waals surface area contributed by atoms with Crippen LogP contribution in [0, 0.1) is 28.6 Å². The molecule has 1 saturated heterocycles. The van der Waals surface area contributed by atoms with Crippen LogP contribution in [-0.2, 0) is 6.54 Å². The first-order valence-electron chi connectivity index (χ1n) is 8.67. The van der Waals surface area contributed by atoms with Gasteiger partial charge in [-0.15, -0.1) is 0 Å². The molecule has 6 nitrogen and oxygen atoms in total. The summed E-state index contributed by atoms with van der Waals surface area (Å²) >= 11 is 0. The summed E-state index contributed by atoms with van der Waals surface area (Å²) in [6, 6.07) is 4.91. The van der Waals surface area contributed by atoms with Crippen LogP contribution in [0.1, 0.15) is 50.7 Å². The van der Waals surface area contributed by atoms with E-state index in [2.05, 4.69) is 47.8 Å². The molecule has 1 aliphatic rings. The van der Waals surface area contributed by atoms with Crippen LogP contribution >= 0.6 is 0 Å². The molecule has 24 heavy (non-hydrogen) atoms.